The molecule has 1 aliphatic rings. The topological polar surface area (TPSA) is 69.8 Å². The third kappa shape index (κ3) is 2.65. The highest BCUT2D eigenvalue weighted by Crippen LogP contribution is 2.35. The Bertz CT molecular complexity index is 926. The summed E-state index contributed by atoms with van der Waals surface area (Å²) in [6.45, 7) is 0. The monoisotopic (exact) mass is 450 g/mol. The van der Waals surface area contributed by atoms with E-state index in [1.54, 1.807) is 12.3 Å². The Labute approximate surface area is 156 Å². The zero-order valence-electron chi connectivity index (χ0n) is 12.3. The van der Waals surface area contributed by atoms with Crippen molar-refractivity contribution in [1.29, 1.82) is 0 Å². The van der Waals surface area contributed by atoms with E-state index in [-0.39, 0.29) is 12.1 Å². The Morgan fingerprint density at radius 1 is 1.12 bits per heavy atom. The third-order valence-corrected chi connectivity index (χ3v) is 4.97. The minimum absolute atomic E-state index is 0.158. The predicted octanol–water partition coefficient (Wildman–Crippen LogP) is 4.19. The van der Waals surface area contributed by atoms with Gasteiger partial charge in [-0.1, -0.05) is 41.9 Å². The van der Waals surface area contributed by atoms with Crippen LogP contribution in [0.25, 0.3) is 11.3 Å². The van der Waals surface area contributed by atoms with Crippen LogP contribution < -0.4 is 10.6 Å². The number of halogens is 2. The first-order valence-corrected chi connectivity index (χ1v) is 8.74. The molecule has 24 heavy (non-hydrogen) atoms. The Hall–Kier alpha value is -2.06. The van der Waals surface area contributed by atoms with Crippen molar-refractivity contribution in [2.75, 3.05) is 5.32 Å². The molecule has 0 fully saturated rings. The summed E-state index contributed by atoms with van der Waals surface area (Å²) in [4.78, 5) is 12.5. The second-order valence-electron chi connectivity index (χ2n) is 5.43. The maximum absolute atomic E-state index is 12.5. The van der Waals surface area contributed by atoms with Crippen LogP contribution in [-0.2, 0) is 0 Å². The first-order valence-electron chi connectivity index (χ1n) is 7.28. The second-order valence-corrected chi connectivity index (χ2v) is 7.03. The van der Waals surface area contributed by atoms with Crippen LogP contribution in [0.4, 0.5) is 5.69 Å². The molecule has 4 rings (SSSR count). The Morgan fingerprint density at radius 3 is 2.71 bits per heavy atom. The van der Waals surface area contributed by atoms with Crippen molar-refractivity contribution in [3.63, 3.8) is 0 Å². The molecule has 120 valence electrons. The predicted molar refractivity (Wildman–Crippen MR) is 102 cm³/mol. The maximum Gasteiger partial charge on any atom is 0.255 e. The van der Waals surface area contributed by atoms with Gasteiger partial charge in [-0.05, 0) is 40.3 Å². The average Bonchev–Trinajstić information content (AvgIpc) is 3.06. The summed E-state index contributed by atoms with van der Waals surface area (Å²) in [5, 5.41) is 14.1. The number of aromatic amines is 1. The summed E-state index contributed by atoms with van der Waals surface area (Å²) in [5.74, 6) is -0.158. The van der Waals surface area contributed by atoms with E-state index in [1.807, 2.05) is 36.4 Å². The van der Waals surface area contributed by atoms with Crippen LogP contribution in [-0.4, -0.2) is 16.1 Å². The lowest BCUT2D eigenvalue weighted by atomic mass is 10.0. The quantitative estimate of drug-likeness (QED) is 0.513. The summed E-state index contributed by atoms with van der Waals surface area (Å²) < 4.78 is 0.903. The van der Waals surface area contributed by atoms with Crippen molar-refractivity contribution in [1.82, 2.24) is 15.5 Å². The van der Waals surface area contributed by atoms with Gasteiger partial charge in [-0.25, -0.2) is 0 Å². The summed E-state index contributed by atoms with van der Waals surface area (Å²) in [7, 11) is 0. The lowest BCUT2D eigenvalue weighted by Gasteiger charge is -2.29. The molecule has 0 saturated carbocycles. The summed E-state index contributed by atoms with van der Waals surface area (Å²) in [5.41, 5.74) is 4.10. The van der Waals surface area contributed by atoms with Gasteiger partial charge in [0.2, 0.25) is 0 Å². The fourth-order valence-corrected chi connectivity index (χ4v) is 3.98. The van der Waals surface area contributed by atoms with Crippen molar-refractivity contribution in [3.8, 4) is 11.3 Å². The van der Waals surface area contributed by atoms with E-state index in [0.29, 0.717) is 10.6 Å². The van der Waals surface area contributed by atoms with Gasteiger partial charge in [0.25, 0.3) is 5.91 Å². The third-order valence-electron chi connectivity index (χ3n) is 3.91. The van der Waals surface area contributed by atoms with Gasteiger partial charge in [0.15, 0.2) is 0 Å². The fraction of sp³-hybridized carbons (Fsp3) is 0.0588. The van der Waals surface area contributed by atoms with Crippen LogP contribution in [0.5, 0.6) is 0 Å². The Morgan fingerprint density at radius 2 is 1.92 bits per heavy atom. The first kappa shape index (κ1) is 15.5. The number of benzene rings is 2. The second kappa shape index (κ2) is 6.10. The van der Waals surface area contributed by atoms with Crippen molar-refractivity contribution in [2.24, 2.45) is 0 Å². The average molecular weight is 451 g/mol. The molecule has 0 saturated heterocycles. The highest BCUT2D eigenvalue weighted by molar-refractivity contribution is 14.1. The molecule has 1 aliphatic heterocycles. The molecular weight excluding hydrogens is 439 g/mol. The maximum atomic E-state index is 12.5. The van der Waals surface area contributed by atoms with Crippen molar-refractivity contribution in [2.45, 2.75) is 6.17 Å². The molecule has 2 aromatic carbocycles. The number of hydrogen-bond donors (Lipinski definition) is 3. The molecule has 1 atom stereocenters. The molecule has 1 unspecified atom stereocenters. The Balaban J connectivity index is 1.76. The van der Waals surface area contributed by atoms with E-state index >= 15 is 0 Å². The van der Waals surface area contributed by atoms with E-state index in [0.717, 1.165) is 26.1 Å². The molecule has 0 spiro atoms. The number of rotatable bonds is 2. The standard InChI is InChI=1S/C17H12ClIN4O/c18-10-6-11-15(13(19)7-10)21-16(22-17(11)24)12-8-20-23-14(12)9-4-2-1-3-5-9/h1-8,16,21H,(H,20,23)(H,22,24). The molecule has 0 radical (unpaired) electrons. The normalized spacial score (nSPS) is 16.2. The van der Waals surface area contributed by atoms with Crippen LogP contribution in [0.2, 0.25) is 5.02 Å². The molecular formula is C17H12ClIN4O. The molecule has 3 N–H and O–H groups in total. The fourth-order valence-electron chi connectivity index (χ4n) is 2.79. The molecule has 2 heterocycles. The number of amides is 1. The van der Waals surface area contributed by atoms with E-state index in [9.17, 15) is 4.79 Å². The summed E-state index contributed by atoms with van der Waals surface area (Å²) >= 11 is 8.24. The molecule has 0 aliphatic carbocycles. The van der Waals surface area contributed by atoms with Crippen LogP contribution in [0.15, 0.2) is 48.7 Å². The molecule has 1 aromatic heterocycles. The molecule has 0 bridgehead atoms. The van der Waals surface area contributed by atoms with Gasteiger partial charge < -0.3 is 10.6 Å². The molecule has 3 aromatic rings. The number of aromatic nitrogens is 2. The van der Waals surface area contributed by atoms with Crippen molar-refractivity contribution >= 4 is 45.8 Å². The van der Waals surface area contributed by atoms with Gasteiger partial charge in [0.1, 0.15) is 6.17 Å². The van der Waals surface area contributed by atoms with Crippen LogP contribution >= 0.6 is 34.2 Å². The smallest absolute Gasteiger partial charge is 0.255 e. The van der Waals surface area contributed by atoms with E-state index in [1.165, 1.54) is 0 Å². The largest absolute Gasteiger partial charge is 0.360 e. The first-order chi connectivity index (χ1) is 11.6. The zero-order chi connectivity index (χ0) is 16.7. The van der Waals surface area contributed by atoms with Crippen molar-refractivity contribution in [3.05, 3.63) is 68.4 Å². The highest BCUT2D eigenvalue weighted by atomic mass is 127. The van der Waals surface area contributed by atoms with Crippen LogP contribution in [0.1, 0.15) is 22.1 Å². The van der Waals surface area contributed by atoms with Gasteiger partial charge in [0, 0.05) is 14.2 Å². The molecule has 5 nitrogen and oxygen atoms in total. The van der Waals surface area contributed by atoms with Gasteiger partial charge in [-0.3, -0.25) is 9.89 Å². The van der Waals surface area contributed by atoms with Gasteiger partial charge in [0.05, 0.1) is 23.1 Å². The minimum Gasteiger partial charge on any atom is -0.360 e. The molecule has 1 amide bonds. The lowest BCUT2D eigenvalue weighted by molar-refractivity contribution is 0.0935. The van der Waals surface area contributed by atoms with Gasteiger partial charge >= 0.3 is 0 Å². The van der Waals surface area contributed by atoms with Crippen LogP contribution in [0.3, 0.4) is 0 Å². The minimum atomic E-state index is -0.367. The van der Waals surface area contributed by atoms with E-state index < -0.39 is 0 Å². The number of H-pyrrole nitrogens is 1. The number of nitrogens with zero attached hydrogens (tertiary/aromatic N) is 1. The Kier molecular flexibility index (Phi) is 3.93. The van der Waals surface area contributed by atoms with E-state index in [4.69, 9.17) is 11.6 Å². The zero-order valence-corrected chi connectivity index (χ0v) is 15.2. The number of fused-ring (bicyclic) bond motifs is 1. The van der Waals surface area contributed by atoms with E-state index in [2.05, 4.69) is 43.4 Å². The summed E-state index contributed by atoms with van der Waals surface area (Å²) in [6, 6.07) is 13.4. The highest BCUT2D eigenvalue weighted by Gasteiger charge is 2.29. The van der Waals surface area contributed by atoms with Gasteiger partial charge in [-0.2, -0.15) is 5.10 Å². The lowest BCUT2D eigenvalue weighted by Crippen LogP contribution is -2.39. The number of carbonyl (C=O) groups excluding carboxylic acids is 1. The number of carbonyl (C=O) groups is 1. The van der Waals surface area contributed by atoms with Gasteiger partial charge in [-0.15, -0.1) is 0 Å². The summed E-state index contributed by atoms with van der Waals surface area (Å²) in [6.07, 6.45) is 1.36. The number of hydrogen-bond acceptors (Lipinski definition) is 3. The van der Waals surface area contributed by atoms with Crippen LogP contribution in [0, 0.1) is 3.57 Å². The SMILES string of the molecule is O=C1NC(c2cn[nH]c2-c2ccccc2)Nc2c(I)cc(Cl)cc21. The van der Waals surface area contributed by atoms with Crippen molar-refractivity contribution < 1.29 is 4.79 Å². The molecule has 7 heteroatoms. The number of nitrogens with one attached hydrogen (secondary N) is 3. The number of anilines is 1.